The minimum absolute atomic E-state index is 0.383. The number of anilines is 1. The summed E-state index contributed by atoms with van der Waals surface area (Å²) in [6, 6.07) is 4.35. The minimum Gasteiger partial charge on any atom is -0.381 e. The molecule has 0 spiro atoms. The monoisotopic (exact) mass is 249 g/mol. The highest BCUT2D eigenvalue weighted by atomic mass is 35.5. The molecule has 0 fully saturated rings. The third-order valence-corrected chi connectivity index (χ3v) is 3.19. The lowest BCUT2D eigenvalue weighted by Gasteiger charge is -2.11. The van der Waals surface area contributed by atoms with E-state index >= 15 is 0 Å². The zero-order valence-corrected chi connectivity index (χ0v) is 11.0. The highest BCUT2D eigenvalue weighted by molar-refractivity contribution is 6.32. The van der Waals surface area contributed by atoms with Crippen molar-refractivity contribution in [3.63, 3.8) is 0 Å². The first-order valence-electron chi connectivity index (χ1n) is 5.52. The summed E-state index contributed by atoms with van der Waals surface area (Å²) < 4.78 is 1.78. The van der Waals surface area contributed by atoms with Gasteiger partial charge in [-0.25, -0.2) is 0 Å². The Balaban J connectivity index is 2.36. The third-order valence-electron chi connectivity index (χ3n) is 2.90. The highest BCUT2D eigenvalue weighted by Gasteiger charge is 2.07. The fraction of sp³-hybridized carbons (Fsp3) is 0.308. The molecule has 90 valence electrons. The summed E-state index contributed by atoms with van der Waals surface area (Å²) in [7, 11) is 0. The average molecular weight is 250 g/mol. The Morgan fingerprint density at radius 1 is 1.24 bits per heavy atom. The summed E-state index contributed by atoms with van der Waals surface area (Å²) >= 11 is 5.89. The van der Waals surface area contributed by atoms with Gasteiger partial charge in [0.15, 0.2) is 5.82 Å². The van der Waals surface area contributed by atoms with Gasteiger partial charge in [0.05, 0.1) is 6.54 Å². The number of nitrogens with two attached hydrogens (primary N) is 1. The van der Waals surface area contributed by atoms with Crippen LogP contribution >= 0.6 is 11.6 Å². The predicted molar refractivity (Wildman–Crippen MR) is 71.4 cm³/mol. The molecule has 2 N–H and O–H groups in total. The van der Waals surface area contributed by atoms with E-state index in [4.69, 9.17) is 17.3 Å². The van der Waals surface area contributed by atoms with E-state index in [2.05, 4.69) is 38.0 Å². The van der Waals surface area contributed by atoms with Gasteiger partial charge in [0, 0.05) is 6.20 Å². The fourth-order valence-electron chi connectivity index (χ4n) is 2.11. The molecule has 0 atom stereocenters. The largest absolute Gasteiger partial charge is 0.381 e. The van der Waals surface area contributed by atoms with Crippen molar-refractivity contribution in [1.82, 2.24) is 9.78 Å². The van der Waals surface area contributed by atoms with E-state index in [-0.39, 0.29) is 0 Å². The zero-order valence-electron chi connectivity index (χ0n) is 10.3. The number of nitrogen functional groups attached to an aromatic ring is 1. The topological polar surface area (TPSA) is 43.8 Å². The van der Waals surface area contributed by atoms with E-state index < -0.39 is 0 Å². The van der Waals surface area contributed by atoms with E-state index in [0.29, 0.717) is 17.4 Å². The molecule has 0 saturated heterocycles. The van der Waals surface area contributed by atoms with Gasteiger partial charge in [0.1, 0.15) is 5.02 Å². The molecule has 0 unspecified atom stereocenters. The Morgan fingerprint density at radius 3 is 2.29 bits per heavy atom. The Labute approximate surface area is 106 Å². The van der Waals surface area contributed by atoms with Crippen molar-refractivity contribution in [2.24, 2.45) is 0 Å². The van der Waals surface area contributed by atoms with Gasteiger partial charge in [0.25, 0.3) is 0 Å². The molecule has 0 amide bonds. The molecule has 2 aromatic rings. The summed E-state index contributed by atoms with van der Waals surface area (Å²) in [5, 5.41) is 4.68. The zero-order chi connectivity index (χ0) is 12.6. The Morgan fingerprint density at radius 2 is 1.82 bits per heavy atom. The molecule has 0 aliphatic carbocycles. The molecular formula is C13H16ClN3. The summed E-state index contributed by atoms with van der Waals surface area (Å²) in [4.78, 5) is 0. The van der Waals surface area contributed by atoms with Crippen LogP contribution in [0.5, 0.6) is 0 Å². The van der Waals surface area contributed by atoms with Crippen LogP contribution in [-0.2, 0) is 6.54 Å². The first-order valence-corrected chi connectivity index (χ1v) is 5.90. The molecular weight excluding hydrogens is 234 g/mol. The maximum Gasteiger partial charge on any atom is 0.164 e. The van der Waals surface area contributed by atoms with Gasteiger partial charge in [-0.05, 0) is 37.5 Å². The van der Waals surface area contributed by atoms with E-state index in [1.807, 2.05) is 0 Å². The number of halogens is 1. The fourth-order valence-corrected chi connectivity index (χ4v) is 2.26. The molecule has 17 heavy (non-hydrogen) atoms. The Kier molecular flexibility index (Phi) is 3.11. The molecule has 1 aromatic heterocycles. The smallest absolute Gasteiger partial charge is 0.164 e. The lowest BCUT2D eigenvalue weighted by molar-refractivity contribution is 0.684. The lowest BCUT2D eigenvalue weighted by atomic mass is 10.00. The standard InChI is InChI=1S/C13H16ClN3/c1-8-4-9(2)11(10(3)5-8)6-17-7-12(14)13(15)16-17/h4-5,7H,6H2,1-3H3,(H2,15,16). The number of aryl methyl sites for hydroxylation is 3. The molecule has 2 rings (SSSR count). The summed E-state index contributed by atoms with van der Waals surface area (Å²) in [6.45, 7) is 7.04. The molecule has 0 bridgehead atoms. The third kappa shape index (κ3) is 2.44. The van der Waals surface area contributed by atoms with Crippen LogP contribution < -0.4 is 5.73 Å². The van der Waals surface area contributed by atoms with E-state index in [0.717, 1.165) is 0 Å². The van der Waals surface area contributed by atoms with E-state index in [1.54, 1.807) is 10.9 Å². The van der Waals surface area contributed by atoms with Gasteiger partial charge in [-0.15, -0.1) is 0 Å². The predicted octanol–water partition coefficient (Wildman–Crippen LogP) is 3.09. The maximum atomic E-state index is 5.89. The van der Waals surface area contributed by atoms with Gasteiger partial charge in [0.2, 0.25) is 0 Å². The van der Waals surface area contributed by atoms with Crippen LogP contribution in [0.15, 0.2) is 18.3 Å². The minimum atomic E-state index is 0.383. The SMILES string of the molecule is Cc1cc(C)c(Cn2cc(Cl)c(N)n2)c(C)c1. The van der Waals surface area contributed by atoms with Crippen LogP contribution in [0.2, 0.25) is 5.02 Å². The van der Waals surface area contributed by atoms with Crippen molar-refractivity contribution < 1.29 is 0 Å². The molecule has 0 saturated carbocycles. The molecule has 4 heteroatoms. The number of aromatic nitrogens is 2. The Bertz CT molecular complexity index is 515. The molecule has 0 radical (unpaired) electrons. The number of nitrogens with zero attached hydrogens (tertiary/aromatic N) is 2. The Hall–Kier alpha value is -1.48. The van der Waals surface area contributed by atoms with Crippen molar-refractivity contribution >= 4 is 17.4 Å². The first kappa shape index (κ1) is 12.0. The van der Waals surface area contributed by atoms with Gasteiger partial charge < -0.3 is 5.73 Å². The molecule has 1 heterocycles. The molecule has 3 nitrogen and oxygen atoms in total. The van der Waals surface area contributed by atoms with Gasteiger partial charge in [-0.3, -0.25) is 4.68 Å². The molecule has 0 aliphatic heterocycles. The normalized spacial score (nSPS) is 10.8. The van der Waals surface area contributed by atoms with Gasteiger partial charge in [-0.2, -0.15) is 5.10 Å². The van der Waals surface area contributed by atoms with Crippen LogP contribution in [-0.4, -0.2) is 9.78 Å². The van der Waals surface area contributed by atoms with E-state index in [1.165, 1.54) is 22.3 Å². The van der Waals surface area contributed by atoms with E-state index in [9.17, 15) is 0 Å². The average Bonchev–Trinajstić information content (AvgIpc) is 2.52. The van der Waals surface area contributed by atoms with Crippen molar-refractivity contribution in [1.29, 1.82) is 0 Å². The summed E-state index contributed by atoms with van der Waals surface area (Å²) in [5.74, 6) is 0.383. The number of hydrogen-bond donors (Lipinski definition) is 1. The second-order valence-corrected chi connectivity index (χ2v) is 4.84. The van der Waals surface area contributed by atoms with Crippen LogP contribution in [0.1, 0.15) is 22.3 Å². The van der Waals surface area contributed by atoms with Gasteiger partial charge in [-0.1, -0.05) is 29.3 Å². The lowest BCUT2D eigenvalue weighted by Crippen LogP contribution is -2.05. The molecule has 0 aliphatic rings. The van der Waals surface area contributed by atoms with Crippen molar-refractivity contribution in [2.45, 2.75) is 27.3 Å². The van der Waals surface area contributed by atoms with Crippen LogP contribution in [0.25, 0.3) is 0 Å². The second kappa shape index (κ2) is 4.41. The summed E-state index contributed by atoms with van der Waals surface area (Å²) in [5.41, 5.74) is 10.7. The number of benzene rings is 1. The van der Waals surface area contributed by atoms with Crippen LogP contribution in [0.4, 0.5) is 5.82 Å². The highest BCUT2D eigenvalue weighted by Crippen LogP contribution is 2.20. The van der Waals surface area contributed by atoms with Gasteiger partial charge >= 0.3 is 0 Å². The number of hydrogen-bond acceptors (Lipinski definition) is 2. The number of rotatable bonds is 2. The van der Waals surface area contributed by atoms with Crippen molar-refractivity contribution in [2.75, 3.05) is 5.73 Å². The maximum absolute atomic E-state index is 5.89. The van der Waals surface area contributed by atoms with Crippen LogP contribution in [0, 0.1) is 20.8 Å². The quantitative estimate of drug-likeness (QED) is 0.889. The van der Waals surface area contributed by atoms with Crippen LogP contribution in [0.3, 0.4) is 0 Å². The van der Waals surface area contributed by atoms with Crippen molar-refractivity contribution in [3.8, 4) is 0 Å². The second-order valence-electron chi connectivity index (χ2n) is 4.44. The van der Waals surface area contributed by atoms with Crippen molar-refractivity contribution in [3.05, 3.63) is 45.6 Å². The first-order chi connectivity index (χ1) is 7.97. The summed E-state index contributed by atoms with van der Waals surface area (Å²) in [6.07, 6.45) is 1.76. The molecule has 1 aromatic carbocycles.